The fourth-order valence-electron chi connectivity index (χ4n) is 2.46. The number of carbonyl (C=O) groups excluding carboxylic acids is 2. The lowest BCUT2D eigenvalue weighted by Crippen LogP contribution is -2.15. The number of esters is 1. The zero-order valence-corrected chi connectivity index (χ0v) is 13.3. The highest BCUT2D eigenvalue weighted by molar-refractivity contribution is 5.96. The normalized spacial score (nSPS) is 10.6. The summed E-state index contributed by atoms with van der Waals surface area (Å²) in [7, 11) is 1.33. The lowest BCUT2D eigenvalue weighted by atomic mass is 10.1. The van der Waals surface area contributed by atoms with Gasteiger partial charge in [0.1, 0.15) is 5.69 Å². The van der Waals surface area contributed by atoms with Crippen LogP contribution in [0.5, 0.6) is 0 Å². The van der Waals surface area contributed by atoms with Crippen LogP contribution >= 0.6 is 0 Å². The minimum absolute atomic E-state index is 0.106. The topological polar surface area (TPSA) is 81.4 Å². The quantitative estimate of drug-likeness (QED) is 0.746. The summed E-state index contributed by atoms with van der Waals surface area (Å²) in [6.07, 6.45) is 0.106. The molecule has 3 aromatic rings. The number of aromatic nitrogens is 1. The lowest BCUT2D eigenvalue weighted by Gasteiger charge is -2.09. The predicted octanol–water partition coefficient (Wildman–Crippen LogP) is 3.10. The Labute approximate surface area is 138 Å². The molecule has 1 heterocycles. The second-order valence-corrected chi connectivity index (χ2v) is 5.37. The van der Waals surface area contributed by atoms with Gasteiger partial charge in [-0.1, -0.05) is 17.3 Å². The first kappa shape index (κ1) is 15.7. The highest BCUT2D eigenvalue weighted by Crippen LogP contribution is 2.20. The van der Waals surface area contributed by atoms with E-state index < -0.39 is 5.97 Å². The standard InChI is InChI=1S/C18H16N2O4/c1-11-9-12(18(22)23-2)7-8-14(11)19-17(21)10-15-13-5-3-4-6-16(13)24-20-15/h3-9H,10H2,1-2H3,(H,19,21). The van der Waals surface area contributed by atoms with Crippen molar-refractivity contribution < 1.29 is 18.8 Å². The van der Waals surface area contributed by atoms with Crippen LogP contribution in [0.25, 0.3) is 11.0 Å². The average Bonchev–Trinajstić information content (AvgIpc) is 2.99. The number of ether oxygens (including phenoxy) is 1. The summed E-state index contributed by atoms with van der Waals surface area (Å²) in [5.74, 6) is -0.618. The third-order valence-electron chi connectivity index (χ3n) is 3.70. The summed E-state index contributed by atoms with van der Waals surface area (Å²) >= 11 is 0. The van der Waals surface area contributed by atoms with E-state index in [1.807, 2.05) is 25.1 Å². The maximum atomic E-state index is 12.3. The van der Waals surface area contributed by atoms with Crippen molar-refractivity contribution in [3.8, 4) is 0 Å². The number of hydrogen-bond donors (Lipinski definition) is 1. The molecule has 0 bridgehead atoms. The number of benzene rings is 2. The summed E-state index contributed by atoms with van der Waals surface area (Å²) in [6, 6.07) is 12.4. The van der Waals surface area contributed by atoms with E-state index in [1.54, 1.807) is 24.3 Å². The third kappa shape index (κ3) is 3.12. The molecule has 0 fully saturated rings. The molecule has 1 aromatic heterocycles. The van der Waals surface area contributed by atoms with Gasteiger partial charge in [-0.25, -0.2) is 4.79 Å². The number of methoxy groups -OCH3 is 1. The van der Waals surface area contributed by atoms with Crippen LogP contribution in [-0.2, 0) is 16.0 Å². The Morgan fingerprint density at radius 1 is 1.21 bits per heavy atom. The van der Waals surface area contributed by atoms with Gasteiger partial charge in [0.05, 0.1) is 19.1 Å². The Hall–Kier alpha value is -3.15. The molecule has 122 valence electrons. The molecule has 0 aliphatic carbocycles. The van der Waals surface area contributed by atoms with Crippen LogP contribution in [0.15, 0.2) is 47.0 Å². The molecule has 0 spiro atoms. The fraction of sp³-hybridized carbons (Fsp3) is 0.167. The van der Waals surface area contributed by atoms with E-state index in [1.165, 1.54) is 7.11 Å². The van der Waals surface area contributed by atoms with Gasteiger partial charge in [-0.3, -0.25) is 4.79 Å². The molecule has 0 radical (unpaired) electrons. The summed E-state index contributed by atoms with van der Waals surface area (Å²) in [5.41, 5.74) is 3.10. The molecule has 0 aliphatic heterocycles. The number of nitrogens with one attached hydrogen (secondary N) is 1. The number of para-hydroxylation sites is 1. The van der Waals surface area contributed by atoms with Crippen molar-refractivity contribution in [2.45, 2.75) is 13.3 Å². The van der Waals surface area contributed by atoms with Crippen molar-refractivity contribution in [3.63, 3.8) is 0 Å². The predicted molar refractivity (Wildman–Crippen MR) is 88.9 cm³/mol. The first-order chi connectivity index (χ1) is 11.6. The number of anilines is 1. The Bertz CT molecular complexity index is 914. The van der Waals surface area contributed by atoms with Gasteiger partial charge < -0.3 is 14.6 Å². The molecule has 0 aliphatic rings. The summed E-state index contributed by atoms with van der Waals surface area (Å²) in [4.78, 5) is 23.8. The van der Waals surface area contributed by atoms with Crippen molar-refractivity contribution in [2.75, 3.05) is 12.4 Å². The molecule has 6 heteroatoms. The van der Waals surface area contributed by atoms with E-state index in [0.717, 1.165) is 10.9 Å². The van der Waals surface area contributed by atoms with Crippen LogP contribution in [-0.4, -0.2) is 24.1 Å². The van der Waals surface area contributed by atoms with Crippen LogP contribution in [0.2, 0.25) is 0 Å². The first-order valence-electron chi connectivity index (χ1n) is 7.40. The van der Waals surface area contributed by atoms with Crippen molar-refractivity contribution >= 4 is 28.5 Å². The van der Waals surface area contributed by atoms with Gasteiger partial charge in [0.15, 0.2) is 5.58 Å². The minimum atomic E-state index is -0.412. The van der Waals surface area contributed by atoms with Crippen molar-refractivity contribution in [3.05, 3.63) is 59.3 Å². The molecule has 0 unspecified atom stereocenters. The fourth-order valence-corrected chi connectivity index (χ4v) is 2.46. The molecule has 1 amide bonds. The van der Waals surface area contributed by atoms with Gasteiger partial charge in [0.2, 0.25) is 5.91 Å². The number of aryl methyl sites for hydroxylation is 1. The van der Waals surface area contributed by atoms with Gasteiger partial charge in [-0.05, 0) is 42.8 Å². The van der Waals surface area contributed by atoms with Crippen LogP contribution < -0.4 is 5.32 Å². The molecule has 0 atom stereocenters. The Kier molecular flexibility index (Phi) is 4.29. The lowest BCUT2D eigenvalue weighted by molar-refractivity contribution is -0.115. The number of amides is 1. The second-order valence-electron chi connectivity index (χ2n) is 5.37. The number of nitrogens with zero attached hydrogens (tertiary/aromatic N) is 1. The van der Waals surface area contributed by atoms with Gasteiger partial charge in [0, 0.05) is 11.1 Å². The SMILES string of the molecule is COC(=O)c1ccc(NC(=O)Cc2noc3ccccc23)c(C)c1. The average molecular weight is 324 g/mol. The van der Waals surface area contributed by atoms with E-state index in [9.17, 15) is 9.59 Å². The molecule has 1 N–H and O–H groups in total. The summed E-state index contributed by atoms with van der Waals surface area (Å²) in [6.45, 7) is 1.81. The van der Waals surface area contributed by atoms with Crippen LogP contribution in [0.4, 0.5) is 5.69 Å². The summed E-state index contributed by atoms with van der Waals surface area (Å²) in [5, 5.41) is 7.60. The smallest absolute Gasteiger partial charge is 0.337 e. The molecular weight excluding hydrogens is 308 g/mol. The second kappa shape index (κ2) is 6.54. The molecule has 0 saturated carbocycles. The van der Waals surface area contributed by atoms with E-state index in [4.69, 9.17) is 4.52 Å². The van der Waals surface area contributed by atoms with E-state index in [2.05, 4.69) is 15.2 Å². The Morgan fingerprint density at radius 3 is 2.75 bits per heavy atom. The molecule has 24 heavy (non-hydrogen) atoms. The molecule has 2 aromatic carbocycles. The monoisotopic (exact) mass is 324 g/mol. The zero-order valence-electron chi connectivity index (χ0n) is 13.3. The zero-order chi connectivity index (χ0) is 17.1. The number of hydrogen-bond acceptors (Lipinski definition) is 5. The van der Waals surface area contributed by atoms with Gasteiger partial charge in [-0.2, -0.15) is 0 Å². The van der Waals surface area contributed by atoms with Gasteiger partial charge in [-0.15, -0.1) is 0 Å². The minimum Gasteiger partial charge on any atom is -0.465 e. The maximum absolute atomic E-state index is 12.3. The number of carbonyl (C=O) groups is 2. The highest BCUT2D eigenvalue weighted by Gasteiger charge is 2.14. The first-order valence-corrected chi connectivity index (χ1v) is 7.40. The molecule has 0 saturated heterocycles. The molecule has 3 rings (SSSR count). The van der Waals surface area contributed by atoms with Crippen LogP contribution in [0.3, 0.4) is 0 Å². The summed E-state index contributed by atoms with van der Waals surface area (Å²) < 4.78 is 9.88. The van der Waals surface area contributed by atoms with Crippen LogP contribution in [0.1, 0.15) is 21.6 Å². The van der Waals surface area contributed by atoms with Crippen molar-refractivity contribution in [2.24, 2.45) is 0 Å². The number of rotatable bonds is 4. The van der Waals surface area contributed by atoms with E-state index in [0.29, 0.717) is 22.5 Å². The van der Waals surface area contributed by atoms with Crippen molar-refractivity contribution in [1.29, 1.82) is 0 Å². The van der Waals surface area contributed by atoms with Gasteiger partial charge >= 0.3 is 5.97 Å². The van der Waals surface area contributed by atoms with E-state index >= 15 is 0 Å². The third-order valence-corrected chi connectivity index (χ3v) is 3.70. The largest absolute Gasteiger partial charge is 0.465 e. The van der Waals surface area contributed by atoms with E-state index in [-0.39, 0.29) is 12.3 Å². The maximum Gasteiger partial charge on any atom is 0.337 e. The molecule has 6 nitrogen and oxygen atoms in total. The van der Waals surface area contributed by atoms with Crippen molar-refractivity contribution in [1.82, 2.24) is 5.16 Å². The van der Waals surface area contributed by atoms with Gasteiger partial charge in [0.25, 0.3) is 0 Å². The van der Waals surface area contributed by atoms with Crippen LogP contribution in [0, 0.1) is 6.92 Å². The number of fused-ring (bicyclic) bond motifs is 1. The Balaban J connectivity index is 1.74. The molecular formula is C18H16N2O4. The highest BCUT2D eigenvalue weighted by atomic mass is 16.5. The Morgan fingerprint density at radius 2 is 2.00 bits per heavy atom.